The van der Waals surface area contributed by atoms with Crippen molar-refractivity contribution >= 4 is 44.5 Å². The van der Waals surface area contributed by atoms with Crippen LogP contribution in [0.3, 0.4) is 0 Å². The quantitative estimate of drug-likeness (QED) is 0.0843. The van der Waals surface area contributed by atoms with Crippen LogP contribution in [0.5, 0.6) is 17.2 Å². The lowest BCUT2D eigenvalue weighted by atomic mass is 10.1. The van der Waals surface area contributed by atoms with Crippen LogP contribution < -0.4 is 19.8 Å². The lowest BCUT2D eigenvalue weighted by molar-refractivity contribution is -0.386. The number of aromatic nitrogens is 2. The molecular weight excluding hydrogens is 612 g/mol. The molecule has 5 aromatic carbocycles. The number of methoxy groups -OCH3 is 1. The van der Waals surface area contributed by atoms with E-state index in [-0.39, 0.29) is 42.0 Å². The highest BCUT2D eigenvalue weighted by atomic mass is 16.6. The number of nitro benzene ring substituents is 1. The summed E-state index contributed by atoms with van der Waals surface area (Å²) in [4.78, 5) is 30.3. The van der Waals surface area contributed by atoms with Crippen LogP contribution in [-0.2, 0) is 6.61 Å². The SMILES string of the molecule is CCOc1cc(C=Nn2c(-c3cc4c(OC)cccc4o3)nc3ccccc3c2=O)cc([N+](=O)[O-])c1OCc1cccc2ccccc12. The molecule has 0 amide bonds. The van der Waals surface area contributed by atoms with Crippen LogP contribution in [0.1, 0.15) is 18.1 Å². The van der Waals surface area contributed by atoms with Crippen molar-refractivity contribution in [3.8, 4) is 28.8 Å². The number of ether oxygens (including phenoxy) is 3. The average Bonchev–Trinajstić information content (AvgIpc) is 3.55. The first-order chi connectivity index (χ1) is 23.4. The minimum absolute atomic E-state index is 0.00613. The molecule has 0 fully saturated rings. The molecular formula is C37H28N4O7. The third kappa shape index (κ3) is 5.58. The number of rotatable bonds is 10. The summed E-state index contributed by atoms with van der Waals surface area (Å²) in [5.41, 5.74) is 1.41. The van der Waals surface area contributed by atoms with Gasteiger partial charge < -0.3 is 18.6 Å². The van der Waals surface area contributed by atoms with E-state index in [4.69, 9.17) is 23.6 Å². The van der Waals surface area contributed by atoms with Gasteiger partial charge in [-0.25, -0.2) is 4.98 Å². The Morgan fingerprint density at radius 3 is 2.48 bits per heavy atom. The first kappa shape index (κ1) is 30.2. The third-order valence-corrected chi connectivity index (χ3v) is 7.84. The molecule has 0 spiro atoms. The second-order valence-electron chi connectivity index (χ2n) is 10.8. The summed E-state index contributed by atoms with van der Waals surface area (Å²) >= 11 is 0. The molecule has 48 heavy (non-hydrogen) atoms. The Bertz CT molecular complexity index is 2420. The van der Waals surface area contributed by atoms with Crippen molar-refractivity contribution in [1.82, 2.24) is 9.66 Å². The van der Waals surface area contributed by atoms with Gasteiger partial charge in [0.2, 0.25) is 11.6 Å². The Morgan fingerprint density at radius 1 is 0.896 bits per heavy atom. The zero-order chi connectivity index (χ0) is 33.2. The van der Waals surface area contributed by atoms with Gasteiger partial charge in [-0.3, -0.25) is 14.9 Å². The van der Waals surface area contributed by atoms with Gasteiger partial charge in [-0.1, -0.05) is 60.7 Å². The van der Waals surface area contributed by atoms with E-state index in [1.165, 1.54) is 12.3 Å². The lowest BCUT2D eigenvalue weighted by Crippen LogP contribution is -2.20. The van der Waals surface area contributed by atoms with Gasteiger partial charge >= 0.3 is 5.69 Å². The van der Waals surface area contributed by atoms with Gasteiger partial charge in [-0.15, -0.1) is 0 Å². The first-order valence-electron chi connectivity index (χ1n) is 15.1. The molecule has 0 unspecified atom stereocenters. The van der Waals surface area contributed by atoms with Crippen molar-refractivity contribution < 1.29 is 23.6 Å². The van der Waals surface area contributed by atoms with Crippen LogP contribution in [0.4, 0.5) is 5.69 Å². The fraction of sp³-hybridized carbons (Fsp3) is 0.108. The zero-order valence-electron chi connectivity index (χ0n) is 26.0. The van der Waals surface area contributed by atoms with Crippen LogP contribution >= 0.6 is 0 Å². The minimum atomic E-state index is -0.532. The summed E-state index contributed by atoms with van der Waals surface area (Å²) in [6, 6.07) is 30.6. The Morgan fingerprint density at radius 2 is 1.67 bits per heavy atom. The number of furan rings is 1. The summed E-state index contributed by atoms with van der Waals surface area (Å²) in [6.45, 7) is 2.09. The molecule has 7 rings (SSSR count). The topological polar surface area (TPSA) is 131 Å². The first-order valence-corrected chi connectivity index (χ1v) is 15.1. The molecule has 0 atom stereocenters. The summed E-state index contributed by atoms with van der Waals surface area (Å²) in [5, 5.41) is 19.9. The molecule has 0 saturated carbocycles. The monoisotopic (exact) mass is 640 g/mol. The predicted molar refractivity (Wildman–Crippen MR) is 183 cm³/mol. The van der Waals surface area contributed by atoms with E-state index in [0.717, 1.165) is 21.0 Å². The van der Waals surface area contributed by atoms with Gasteiger partial charge in [0.05, 0.1) is 41.1 Å². The van der Waals surface area contributed by atoms with Crippen molar-refractivity contribution in [2.24, 2.45) is 5.10 Å². The largest absolute Gasteiger partial charge is 0.496 e. The lowest BCUT2D eigenvalue weighted by Gasteiger charge is -2.14. The highest BCUT2D eigenvalue weighted by molar-refractivity contribution is 5.89. The molecule has 2 heterocycles. The van der Waals surface area contributed by atoms with Crippen molar-refractivity contribution in [2.75, 3.05) is 13.7 Å². The van der Waals surface area contributed by atoms with E-state index in [0.29, 0.717) is 33.2 Å². The number of benzene rings is 5. The fourth-order valence-electron chi connectivity index (χ4n) is 5.63. The van der Waals surface area contributed by atoms with Crippen molar-refractivity contribution in [2.45, 2.75) is 13.5 Å². The summed E-state index contributed by atoms with van der Waals surface area (Å²) in [6.07, 6.45) is 1.34. The smallest absolute Gasteiger partial charge is 0.315 e. The predicted octanol–water partition coefficient (Wildman–Crippen LogP) is 7.74. The average molecular weight is 641 g/mol. The maximum Gasteiger partial charge on any atom is 0.315 e. The highest BCUT2D eigenvalue weighted by Gasteiger charge is 2.24. The molecule has 0 N–H and O–H groups in total. The van der Waals surface area contributed by atoms with Gasteiger partial charge in [-0.05, 0) is 59.7 Å². The maximum atomic E-state index is 13.8. The molecule has 11 heteroatoms. The molecule has 0 saturated heterocycles. The van der Waals surface area contributed by atoms with E-state index in [1.54, 1.807) is 68.6 Å². The second kappa shape index (κ2) is 12.7. The number of hydrogen-bond donors (Lipinski definition) is 0. The molecule has 2 aromatic heterocycles. The van der Waals surface area contributed by atoms with Crippen LogP contribution in [0.25, 0.3) is 44.2 Å². The third-order valence-electron chi connectivity index (χ3n) is 7.84. The van der Waals surface area contributed by atoms with Crippen molar-refractivity contribution in [3.05, 3.63) is 135 Å². The van der Waals surface area contributed by atoms with Crippen LogP contribution in [0.15, 0.2) is 117 Å². The van der Waals surface area contributed by atoms with Gasteiger partial charge in [-0.2, -0.15) is 9.78 Å². The molecule has 11 nitrogen and oxygen atoms in total. The number of nitro groups is 1. The molecule has 7 aromatic rings. The molecule has 238 valence electrons. The van der Waals surface area contributed by atoms with Crippen LogP contribution in [0.2, 0.25) is 0 Å². The standard InChI is InChI=1S/C37H28N4O7/c1-3-46-33-19-23(18-30(41(43)44)35(33)47-22-25-12-8-11-24-10-4-5-13-26(24)25)21-38-40-36(39-29-15-7-6-14-27(29)37(40)42)34-20-28-31(45-2)16-9-17-32(28)48-34/h4-21H,3,22H2,1-2H3. The summed E-state index contributed by atoms with van der Waals surface area (Å²) < 4.78 is 24.6. The number of para-hydroxylation sites is 1. The van der Waals surface area contributed by atoms with E-state index < -0.39 is 10.5 Å². The number of nitrogens with zero attached hydrogens (tertiary/aromatic N) is 4. The molecule has 0 aliphatic carbocycles. The molecule has 0 radical (unpaired) electrons. The number of hydrogen-bond acceptors (Lipinski definition) is 9. The molecule has 0 bridgehead atoms. The normalized spacial score (nSPS) is 11.5. The fourth-order valence-corrected chi connectivity index (χ4v) is 5.63. The van der Waals surface area contributed by atoms with Crippen LogP contribution in [-0.4, -0.2) is 34.5 Å². The Labute approximate surface area is 273 Å². The highest BCUT2D eigenvalue weighted by Crippen LogP contribution is 2.39. The van der Waals surface area contributed by atoms with Gasteiger partial charge in [0.25, 0.3) is 5.56 Å². The Balaban J connectivity index is 1.31. The molecule has 0 aliphatic heterocycles. The van der Waals surface area contributed by atoms with E-state index in [2.05, 4.69) is 5.10 Å². The Kier molecular flexibility index (Phi) is 8.00. The summed E-state index contributed by atoms with van der Waals surface area (Å²) in [5.74, 6) is 1.19. The van der Waals surface area contributed by atoms with Crippen LogP contribution in [0, 0.1) is 10.1 Å². The second-order valence-corrected chi connectivity index (χ2v) is 10.8. The van der Waals surface area contributed by atoms with Crippen molar-refractivity contribution in [1.29, 1.82) is 0 Å². The van der Waals surface area contributed by atoms with E-state index in [9.17, 15) is 14.9 Å². The van der Waals surface area contributed by atoms with E-state index >= 15 is 0 Å². The molecule has 0 aliphatic rings. The van der Waals surface area contributed by atoms with Gasteiger partial charge in [0.1, 0.15) is 17.9 Å². The number of fused-ring (bicyclic) bond motifs is 3. The zero-order valence-corrected chi connectivity index (χ0v) is 26.0. The Hall–Kier alpha value is -6.49. The minimum Gasteiger partial charge on any atom is -0.496 e. The van der Waals surface area contributed by atoms with Crippen molar-refractivity contribution in [3.63, 3.8) is 0 Å². The van der Waals surface area contributed by atoms with Gasteiger partial charge in [0, 0.05) is 11.6 Å². The maximum absolute atomic E-state index is 13.8. The van der Waals surface area contributed by atoms with E-state index in [1.807, 2.05) is 42.5 Å². The summed E-state index contributed by atoms with van der Waals surface area (Å²) in [7, 11) is 1.56. The van der Waals surface area contributed by atoms with Gasteiger partial charge in [0.15, 0.2) is 11.5 Å².